The second kappa shape index (κ2) is 7.03. The summed E-state index contributed by atoms with van der Waals surface area (Å²) >= 11 is 1.52. The quantitative estimate of drug-likeness (QED) is 0.670. The first-order chi connectivity index (χ1) is 12.0. The SMILES string of the molecule is Cc1nc(-c2ccccc2)sc1[C@H](C)OC(=O)c1ccc(=O)n(C)c1. The standard InChI is InChI=1S/C19H18N2O3S/c1-12-17(25-18(20-12)14-7-5-4-6-8-14)13(2)24-19(23)15-9-10-16(22)21(3)11-15/h4-11,13H,1-3H3/t13-/m0/s1. The fourth-order valence-corrected chi connectivity index (χ4v) is 3.54. The van der Waals surface area contributed by atoms with Gasteiger partial charge in [-0.2, -0.15) is 0 Å². The lowest BCUT2D eigenvalue weighted by atomic mass is 10.2. The first kappa shape index (κ1) is 17.1. The Hall–Kier alpha value is -2.73. The van der Waals surface area contributed by atoms with Crippen LogP contribution in [0.15, 0.2) is 53.5 Å². The summed E-state index contributed by atoms with van der Waals surface area (Å²) in [6.07, 6.45) is 1.06. The van der Waals surface area contributed by atoms with E-state index in [1.54, 1.807) is 7.05 Å². The smallest absolute Gasteiger partial charge is 0.340 e. The molecule has 25 heavy (non-hydrogen) atoms. The second-order valence-corrected chi connectivity index (χ2v) is 6.78. The summed E-state index contributed by atoms with van der Waals surface area (Å²) in [4.78, 5) is 29.3. The van der Waals surface area contributed by atoms with E-state index in [-0.39, 0.29) is 5.56 Å². The third kappa shape index (κ3) is 3.69. The molecule has 3 aromatic rings. The molecule has 2 aromatic heterocycles. The van der Waals surface area contributed by atoms with E-state index >= 15 is 0 Å². The van der Waals surface area contributed by atoms with Crippen LogP contribution in [0.1, 0.15) is 34.0 Å². The maximum absolute atomic E-state index is 12.3. The van der Waals surface area contributed by atoms with Crippen LogP contribution in [0.2, 0.25) is 0 Å². The van der Waals surface area contributed by atoms with Gasteiger partial charge in [-0.15, -0.1) is 11.3 Å². The Labute approximate surface area is 149 Å². The fraction of sp³-hybridized carbons (Fsp3) is 0.211. The van der Waals surface area contributed by atoms with Gasteiger partial charge in [-0.25, -0.2) is 9.78 Å². The number of hydrogen-bond acceptors (Lipinski definition) is 5. The summed E-state index contributed by atoms with van der Waals surface area (Å²) < 4.78 is 6.92. The zero-order chi connectivity index (χ0) is 18.0. The molecule has 0 radical (unpaired) electrons. The van der Waals surface area contributed by atoms with E-state index in [0.29, 0.717) is 5.56 Å². The number of esters is 1. The summed E-state index contributed by atoms with van der Waals surface area (Å²) in [7, 11) is 1.60. The molecule has 128 valence electrons. The fourth-order valence-electron chi connectivity index (χ4n) is 2.49. The minimum Gasteiger partial charge on any atom is -0.453 e. The van der Waals surface area contributed by atoms with Crippen LogP contribution in [-0.4, -0.2) is 15.5 Å². The van der Waals surface area contributed by atoms with Gasteiger partial charge in [-0.3, -0.25) is 4.79 Å². The summed E-state index contributed by atoms with van der Waals surface area (Å²) in [5.41, 5.74) is 2.07. The second-order valence-electron chi connectivity index (χ2n) is 5.75. The molecule has 0 aliphatic carbocycles. The van der Waals surface area contributed by atoms with E-state index < -0.39 is 12.1 Å². The number of aromatic nitrogens is 2. The number of carbonyl (C=O) groups is 1. The van der Waals surface area contributed by atoms with Crippen LogP contribution in [0.4, 0.5) is 0 Å². The van der Waals surface area contributed by atoms with Gasteiger partial charge in [-0.1, -0.05) is 30.3 Å². The normalized spacial score (nSPS) is 12.0. The van der Waals surface area contributed by atoms with E-state index in [9.17, 15) is 9.59 Å². The summed E-state index contributed by atoms with van der Waals surface area (Å²) in [6, 6.07) is 12.7. The number of carbonyl (C=O) groups excluding carboxylic acids is 1. The largest absolute Gasteiger partial charge is 0.453 e. The van der Waals surface area contributed by atoms with Crippen molar-refractivity contribution in [2.45, 2.75) is 20.0 Å². The van der Waals surface area contributed by atoms with Gasteiger partial charge in [0.2, 0.25) is 5.56 Å². The molecule has 0 aliphatic heterocycles. The Morgan fingerprint density at radius 3 is 2.60 bits per heavy atom. The number of ether oxygens (including phenoxy) is 1. The summed E-state index contributed by atoms with van der Waals surface area (Å²) in [5, 5.41) is 0.901. The number of rotatable bonds is 4. The number of nitrogens with zero attached hydrogens (tertiary/aromatic N) is 2. The highest BCUT2D eigenvalue weighted by molar-refractivity contribution is 7.15. The van der Waals surface area contributed by atoms with Gasteiger partial charge in [-0.05, 0) is 19.9 Å². The number of benzene rings is 1. The molecule has 2 heterocycles. The van der Waals surface area contributed by atoms with Crippen LogP contribution in [0.5, 0.6) is 0 Å². The van der Waals surface area contributed by atoms with Crippen molar-refractivity contribution in [3.63, 3.8) is 0 Å². The monoisotopic (exact) mass is 354 g/mol. The Morgan fingerprint density at radius 2 is 1.92 bits per heavy atom. The first-order valence-corrected chi connectivity index (χ1v) is 8.68. The minimum absolute atomic E-state index is 0.171. The van der Waals surface area contributed by atoms with Gasteiger partial charge < -0.3 is 9.30 Å². The van der Waals surface area contributed by atoms with E-state index in [0.717, 1.165) is 21.1 Å². The third-order valence-corrected chi connectivity index (χ3v) is 5.20. The average molecular weight is 354 g/mol. The molecule has 0 spiro atoms. The summed E-state index contributed by atoms with van der Waals surface area (Å²) in [6.45, 7) is 3.74. The Morgan fingerprint density at radius 1 is 1.20 bits per heavy atom. The molecule has 0 saturated carbocycles. The van der Waals surface area contributed by atoms with Crippen molar-refractivity contribution < 1.29 is 9.53 Å². The highest BCUT2D eigenvalue weighted by atomic mass is 32.1. The number of pyridine rings is 1. The number of aryl methyl sites for hydroxylation is 2. The molecule has 1 aromatic carbocycles. The van der Waals surface area contributed by atoms with Gasteiger partial charge in [0.1, 0.15) is 11.1 Å². The topological polar surface area (TPSA) is 61.2 Å². The molecular weight excluding hydrogens is 336 g/mol. The first-order valence-electron chi connectivity index (χ1n) is 7.86. The Bertz CT molecular complexity index is 960. The molecule has 3 rings (SSSR count). The lowest BCUT2D eigenvalue weighted by Crippen LogP contribution is -2.18. The van der Waals surface area contributed by atoms with Crippen molar-refractivity contribution in [1.29, 1.82) is 0 Å². The molecule has 0 fully saturated rings. The van der Waals surface area contributed by atoms with Gasteiger partial charge in [0.05, 0.1) is 16.1 Å². The molecule has 0 unspecified atom stereocenters. The Balaban J connectivity index is 1.80. The lowest BCUT2D eigenvalue weighted by Gasteiger charge is -2.12. The van der Waals surface area contributed by atoms with Crippen molar-refractivity contribution in [1.82, 2.24) is 9.55 Å². The van der Waals surface area contributed by atoms with Crippen LogP contribution in [-0.2, 0) is 11.8 Å². The van der Waals surface area contributed by atoms with Crippen LogP contribution < -0.4 is 5.56 Å². The van der Waals surface area contributed by atoms with Crippen molar-refractivity contribution in [2.75, 3.05) is 0 Å². The molecule has 0 saturated heterocycles. The van der Waals surface area contributed by atoms with Crippen LogP contribution in [0.3, 0.4) is 0 Å². The zero-order valence-electron chi connectivity index (χ0n) is 14.2. The van der Waals surface area contributed by atoms with Crippen LogP contribution in [0.25, 0.3) is 10.6 Å². The van der Waals surface area contributed by atoms with Gasteiger partial charge in [0.25, 0.3) is 0 Å². The van der Waals surface area contributed by atoms with Crippen molar-refractivity contribution in [3.05, 3.63) is 75.1 Å². The van der Waals surface area contributed by atoms with E-state index in [2.05, 4.69) is 4.98 Å². The number of thiazole rings is 1. The average Bonchev–Trinajstić information content (AvgIpc) is 3.00. The van der Waals surface area contributed by atoms with Gasteiger partial charge in [0.15, 0.2) is 0 Å². The van der Waals surface area contributed by atoms with Crippen LogP contribution >= 0.6 is 11.3 Å². The predicted molar refractivity (Wildman–Crippen MR) is 97.8 cm³/mol. The highest BCUT2D eigenvalue weighted by Crippen LogP contribution is 2.33. The van der Waals surface area contributed by atoms with Crippen molar-refractivity contribution >= 4 is 17.3 Å². The molecule has 5 nitrogen and oxygen atoms in total. The molecule has 0 bridgehead atoms. The van der Waals surface area contributed by atoms with Crippen LogP contribution in [0, 0.1) is 6.92 Å². The molecule has 0 amide bonds. The lowest BCUT2D eigenvalue weighted by molar-refractivity contribution is 0.0342. The highest BCUT2D eigenvalue weighted by Gasteiger charge is 2.20. The van der Waals surface area contributed by atoms with Crippen molar-refractivity contribution in [2.24, 2.45) is 7.05 Å². The molecule has 1 atom stereocenters. The van der Waals surface area contributed by atoms with Crippen molar-refractivity contribution in [3.8, 4) is 10.6 Å². The molecule has 6 heteroatoms. The zero-order valence-corrected chi connectivity index (χ0v) is 15.0. The third-order valence-electron chi connectivity index (χ3n) is 3.83. The Kier molecular flexibility index (Phi) is 4.81. The van der Waals surface area contributed by atoms with E-state index in [1.165, 1.54) is 34.2 Å². The van der Waals surface area contributed by atoms with Gasteiger partial charge in [0, 0.05) is 24.9 Å². The minimum atomic E-state index is -0.461. The maximum Gasteiger partial charge on any atom is 0.340 e. The molecular formula is C19H18N2O3S. The molecule has 0 N–H and O–H groups in total. The van der Waals surface area contributed by atoms with E-state index in [1.807, 2.05) is 44.2 Å². The number of hydrogen-bond donors (Lipinski definition) is 0. The summed E-state index contributed by atoms with van der Waals surface area (Å²) in [5.74, 6) is -0.461. The van der Waals surface area contributed by atoms with Gasteiger partial charge >= 0.3 is 5.97 Å². The molecule has 0 aliphatic rings. The maximum atomic E-state index is 12.3. The van der Waals surface area contributed by atoms with E-state index in [4.69, 9.17) is 4.74 Å². The predicted octanol–water partition coefficient (Wildman–Crippen LogP) is 3.74.